The second-order valence-electron chi connectivity index (χ2n) is 6.32. The first-order chi connectivity index (χ1) is 12.5. The van der Waals surface area contributed by atoms with Gasteiger partial charge < -0.3 is 5.11 Å². The number of amides is 4. The van der Waals surface area contributed by atoms with Crippen LogP contribution in [0.2, 0.25) is 0 Å². The number of hydrogen-bond acceptors (Lipinski definition) is 5. The van der Waals surface area contributed by atoms with Gasteiger partial charge in [0, 0.05) is 39.6 Å². The van der Waals surface area contributed by atoms with Gasteiger partial charge in [-0.15, -0.1) is 0 Å². The average Bonchev–Trinajstić information content (AvgIpc) is 2.64. The lowest BCUT2D eigenvalue weighted by molar-refractivity contribution is 0.0570. The maximum absolute atomic E-state index is 12.8. The molecule has 0 fully saturated rings. The topological polar surface area (TPSA) is 95.0 Å². The van der Waals surface area contributed by atoms with Crippen molar-refractivity contribution in [3.63, 3.8) is 0 Å². The Bertz CT molecular complexity index is 859. The van der Waals surface area contributed by atoms with Gasteiger partial charge in [-0.2, -0.15) is 0 Å². The molecule has 0 aromatic heterocycles. The van der Waals surface area contributed by atoms with Crippen LogP contribution in [0.4, 0.5) is 0 Å². The quantitative estimate of drug-likeness (QED) is 0.840. The summed E-state index contributed by atoms with van der Waals surface area (Å²) in [5.74, 6) is -1.89. The highest BCUT2D eigenvalue weighted by atomic mass is 16.3. The average molecular weight is 352 g/mol. The van der Waals surface area contributed by atoms with Gasteiger partial charge in [0.25, 0.3) is 23.6 Å². The van der Waals surface area contributed by atoms with Crippen molar-refractivity contribution >= 4 is 34.4 Å². The van der Waals surface area contributed by atoms with E-state index in [1.54, 1.807) is 0 Å². The van der Waals surface area contributed by atoms with Crippen molar-refractivity contribution in [3.05, 3.63) is 46.5 Å². The summed E-state index contributed by atoms with van der Waals surface area (Å²) in [6, 6.07) is 6.10. The molecule has 2 aromatic carbocycles. The zero-order valence-corrected chi connectivity index (χ0v) is 14.1. The highest BCUT2D eigenvalue weighted by molar-refractivity contribution is 6.33. The molecule has 0 spiro atoms. The Morgan fingerprint density at radius 2 is 1.04 bits per heavy atom. The van der Waals surface area contributed by atoms with E-state index in [2.05, 4.69) is 0 Å². The smallest absolute Gasteiger partial charge is 0.261 e. The summed E-state index contributed by atoms with van der Waals surface area (Å²) in [6.07, 6.45) is 0.638. The van der Waals surface area contributed by atoms with Crippen molar-refractivity contribution < 1.29 is 24.3 Å². The molecule has 0 bridgehead atoms. The Labute approximate surface area is 148 Å². The molecule has 4 rings (SSSR count). The lowest BCUT2D eigenvalue weighted by Gasteiger charge is -2.31. The molecule has 4 amide bonds. The van der Waals surface area contributed by atoms with Crippen LogP contribution in [0.25, 0.3) is 10.8 Å². The maximum atomic E-state index is 12.8. The molecule has 2 aliphatic heterocycles. The van der Waals surface area contributed by atoms with Crippen LogP contribution in [-0.4, -0.2) is 58.2 Å². The van der Waals surface area contributed by atoms with Gasteiger partial charge in [0.1, 0.15) is 0 Å². The number of hydrogen-bond donors (Lipinski definition) is 1. The fourth-order valence-electron chi connectivity index (χ4n) is 3.70. The predicted molar refractivity (Wildman–Crippen MR) is 92.1 cm³/mol. The Morgan fingerprint density at radius 3 is 1.35 bits per heavy atom. The Balaban J connectivity index is 2.02. The molecule has 0 unspecified atom stereocenters. The van der Waals surface area contributed by atoms with E-state index in [1.165, 1.54) is 29.2 Å². The van der Waals surface area contributed by atoms with Crippen molar-refractivity contribution in [3.8, 4) is 0 Å². The molecule has 132 valence electrons. The molecule has 2 aromatic rings. The summed E-state index contributed by atoms with van der Waals surface area (Å²) >= 11 is 0. The molecule has 26 heavy (non-hydrogen) atoms. The van der Waals surface area contributed by atoms with Crippen LogP contribution < -0.4 is 0 Å². The summed E-state index contributed by atoms with van der Waals surface area (Å²) in [7, 11) is 0. The second-order valence-corrected chi connectivity index (χ2v) is 6.32. The number of nitrogens with zero attached hydrogens (tertiary/aromatic N) is 2. The Morgan fingerprint density at radius 1 is 0.692 bits per heavy atom. The molecule has 1 N–H and O–H groups in total. The van der Waals surface area contributed by atoms with Crippen molar-refractivity contribution in [2.75, 3.05) is 19.7 Å². The molecule has 0 aliphatic carbocycles. The third-order valence-corrected chi connectivity index (χ3v) is 4.83. The van der Waals surface area contributed by atoms with Crippen LogP contribution >= 0.6 is 0 Å². The summed E-state index contributed by atoms with van der Waals surface area (Å²) in [6.45, 7) is 1.74. The minimum atomic E-state index is -0.531. The third-order valence-electron chi connectivity index (χ3n) is 4.83. The first kappa shape index (κ1) is 16.4. The fraction of sp³-hybridized carbons (Fsp3) is 0.263. The van der Waals surface area contributed by atoms with Crippen LogP contribution in [0.5, 0.6) is 0 Å². The van der Waals surface area contributed by atoms with Crippen molar-refractivity contribution in [1.82, 2.24) is 9.80 Å². The standard InChI is InChI=1S/C19H16N2O5/c1-2-7-20-16(23)10-3-5-12-15-13(6-4-11(14(10)15)17(20)24)19(26)21(8-9-22)18(12)25/h3-6,22H,2,7-9H2,1H3. The minimum absolute atomic E-state index is 0.107. The van der Waals surface area contributed by atoms with Gasteiger partial charge in [-0.05, 0) is 30.7 Å². The van der Waals surface area contributed by atoms with Crippen LogP contribution in [0.1, 0.15) is 54.8 Å². The van der Waals surface area contributed by atoms with Crippen molar-refractivity contribution in [2.24, 2.45) is 0 Å². The number of carbonyl (C=O) groups is 4. The Hall–Kier alpha value is -3.06. The predicted octanol–water partition coefficient (Wildman–Crippen LogP) is 1.43. The third kappa shape index (κ3) is 1.97. The van der Waals surface area contributed by atoms with E-state index in [0.29, 0.717) is 34.9 Å². The first-order valence-electron chi connectivity index (χ1n) is 8.44. The summed E-state index contributed by atoms with van der Waals surface area (Å²) < 4.78 is 0. The molecule has 0 radical (unpaired) electrons. The van der Waals surface area contributed by atoms with E-state index in [-0.39, 0.29) is 24.3 Å². The highest BCUT2D eigenvalue weighted by Crippen LogP contribution is 2.37. The van der Waals surface area contributed by atoms with Gasteiger partial charge in [0.05, 0.1) is 13.2 Å². The second kappa shape index (κ2) is 5.74. The largest absolute Gasteiger partial charge is 0.395 e. The van der Waals surface area contributed by atoms with E-state index >= 15 is 0 Å². The molecular formula is C19H16N2O5. The van der Waals surface area contributed by atoms with Gasteiger partial charge in [-0.1, -0.05) is 6.92 Å². The number of aliphatic hydroxyl groups is 1. The van der Waals surface area contributed by atoms with Gasteiger partial charge in [-0.3, -0.25) is 29.0 Å². The van der Waals surface area contributed by atoms with Crippen molar-refractivity contribution in [1.29, 1.82) is 0 Å². The van der Waals surface area contributed by atoms with E-state index in [1.807, 2.05) is 6.92 Å². The summed E-state index contributed by atoms with van der Waals surface area (Å²) in [5, 5.41) is 9.86. The molecule has 2 aliphatic rings. The van der Waals surface area contributed by atoms with E-state index in [4.69, 9.17) is 5.11 Å². The van der Waals surface area contributed by atoms with Gasteiger partial charge in [0.2, 0.25) is 0 Å². The number of carbonyl (C=O) groups excluding carboxylic acids is 4. The highest BCUT2D eigenvalue weighted by Gasteiger charge is 2.39. The van der Waals surface area contributed by atoms with Gasteiger partial charge in [-0.25, -0.2) is 0 Å². The molecule has 7 heteroatoms. The lowest BCUT2D eigenvalue weighted by atomic mass is 9.86. The molecule has 0 atom stereocenters. The summed E-state index contributed by atoms with van der Waals surface area (Å²) in [5.41, 5.74) is 1.17. The van der Waals surface area contributed by atoms with E-state index in [0.717, 1.165) is 4.90 Å². The Kier molecular flexibility index (Phi) is 3.62. The lowest BCUT2D eigenvalue weighted by Crippen LogP contribution is -2.44. The summed E-state index contributed by atoms with van der Waals surface area (Å²) in [4.78, 5) is 53.0. The zero-order valence-electron chi connectivity index (χ0n) is 14.1. The fourth-order valence-corrected chi connectivity index (χ4v) is 3.70. The molecule has 0 saturated carbocycles. The van der Waals surface area contributed by atoms with E-state index < -0.39 is 23.6 Å². The monoisotopic (exact) mass is 352 g/mol. The van der Waals surface area contributed by atoms with E-state index in [9.17, 15) is 19.2 Å². The minimum Gasteiger partial charge on any atom is -0.395 e. The van der Waals surface area contributed by atoms with Crippen LogP contribution in [-0.2, 0) is 0 Å². The zero-order chi connectivity index (χ0) is 18.6. The van der Waals surface area contributed by atoms with Crippen LogP contribution in [0, 0.1) is 0 Å². The molecule has 7 nitrogen and oxygen atoms in total. The number of benzene rings is 2. The number of imide groups is 2. The van der Waals surface area contributed by atoms with Crippen LogP contribution in [0.15, 0.2) is 24.3 Å². The van der Waals surface area contributed by atoms with Gasteiger partial charge in [0.15, 0.2) is 0 Å². The molecule has 2 heterocycles. The van der Waals surface area contributed by atoms with Gasteiger partial charge >= 0.3 is 0 Å². The molecule has 0 saturated heterocycles. The normalized spacial score (nSPS) is 16.1. The van der Waals surface area contributed by atoms with Crippen LogP contribution in [0.3, 0.4) is 0 Å². The number of aliphatic hydroxyl groups excluding tert-OH is 1. The number of β-amino-alcohol motifs (C(OH)–C–C–N with tert-alkyl or cyclic N) is 1. The SMILES string of the molecule is CCCN1C(=O)c2ccc3c4c(ccc(c24)C1=O)C(=O)N(CCO)C3=O. The number of rotatable bonds is 4. The first-order valence-corrected chi connectivity index (χ1v) is 8.44. The maximum Gasteiger partial charge on any atom is 0.261 e. The van der Waals surface area contributed by atoms with Crippen molar-refractivity contribution in [2.45, 2.75) is 13.3 Å². The molecular weight excluding hydrogens is 336 g/mol.